The average molecular weight is 334 g/mol. The summed E-state index contributed by atoms with van der Waals surface area (Å²) in [7, 11) is 0. The highest BCUT2D eigenvalue weighted by Crippen LogP contribution is 2.10. The van der Waals surface area contributed by atoms with Gasteiger partial charge in [-0.25, -0.2) is 0 Å². The van der Waals surface area contributed by atoms with Gasteiger partial charge in [0.25, 0.3) is 0 Å². The van der Waals surface area contributed by atoms with E-state index in [2.05, 4.69) is 55.2 Å². The van der Waals surface area contributed by atoms with E-state index in [9.17, 15) is 0 Å². The van der Waals surface area contributed by atoms with Gasteiger partial charge in [-0.2, -0.15) is 3.69 Å². The van der Waals surface area contributed by atoms with E-state index in [4.69, 9.17) is 4.74 Å². The summed E-state index contributed by atoms with van der Waals surface area (Å²) in [4.78, 5) is 0. The first-order valence-corrected chi connectivity index (χ1v) is 11.0. The van der Waals surface area contributed by atoms with Gasteiger partial charge in [0.2, 0.25) is 0 Å². The smallest absolute Gasteiger partial charge is 0.489 e. The van der Waals surface area contributed by atoms with Crippen LogP contribution in [0.1, 0.15) is 5.56 Å². The number of hydrogen-bond acceptors (Lipinski definition) is 1. The predicted molar refractivity (Wildman–Crippen MR) is 76.6 cm³/mol. The standard InChI is InChI=1S/C13H11O.HI.Mg/c1-3-7-12(8-4-1)11-14-13-9-5-2-6-10-13;;/h1,3-10H,11H2;1H;/q;;+1/p-1. The fraction of sp³-hybridized carbons (Fsp3) is 0.0769. The Kier molecular flexibility index (Phi) is 4.93. The molecule has 3 heteroatoms. The lowest BCUT2D eigenvalue weighted by atomic mass is 10.2. The molecule has 1 nitrogen and oxygen atoms in total. The van der Waals surface area contributed by atoms with Crippen molar-refractivity contribution in [3.05, 3.63) is 60.2 Å². The predicted octanol–water partition coefficient (Wildman–Crippen LogP) is 2.95. The summed E-state index contributed by atoms with van der Waals surface area (Å²) in [5, 5.41) is 0. The summed E-state index contributed by atoms with van der Waals surface area (Å²) >= 11 is 2.42. The van der Waals surface area contributed by atoms with Crippen LogP contribution in [-0.2, 0) is 6.61 Å². The van der Waals surface area contributed by atoms with Crippen molar-refractivity contribution in [1.29, 1.82) is 0 Å². The molecule has 0 aliphatic heterocycles. The second kappa shape index (κ2) is 6.47. The molecule has 2 rings (SSSR count). The van der Waals surface area contributed by atoms with Gasteiger partial charge in [-0.1, -0.05) is 42.5 Å². The average Bonchev–Trinajstić information content (AvgIpc) is 2.38. The quantitative estimate of drug-likeness (QED) is 0.617. The highest BCUT2D eigenvalue weighted by molar-refractivity contribution is 14.1. The molecule has 0 saturated heterocycles. The molecule has 2 aromatic carbocycles. The number of ether oxygens (including phenoxy) is 1. The van der Waals surface area contributed by atoms with Crippen LogP contribution in [-0.4, -0.2) is 16.5 Å². The molecule has 0 bridgehead atoms. The van der Waals surface area contributed by atoms with Crippen LogP contribution in [0.15, 0.2) is 54.6 Å². The molecule has 16 heavy (non-hydrogen) atoms. The lowest BCUT2D eigenvalue weighted by Crippen LogP contribution is -2.06. The number of rotatable bonds is 4. The van der Waals surface area contributed by atoms with Crippen LogP contribution in [0.25, 0.3) is 0 Å². The minimum atomic E-state index is -0.0749. The molecule has 2 aromatic rings. The van der Waals surface area contributed by atoms with Crippen molar-refractivity contribution >= 4 is 39.0 Å². The maximum Gasteiger partial charge on any atom is 0.502 e. The van der Waals surface area contributed by atoms with E-state index < -0.39 is 0 Å². The Balaban J connectivity index is 1.94. The molecule has 0 N–H and O–H groups in total. The van der Waals surface area contributed by atoms with Gasteiger partial charge in [0.05, 0.1) is 0 Å². The third kappa shape index (κ3) is 3.64. The van der Waals surface area contributed by atoms with Crippen molar-refractivity contribution in [2.75, 3.05) is 0 Å². The molecule has 0 fully saturated rings. The number of hydrogen-bond donors (Lipinski definition) is 0. The normalized spacial score (nSPS) is 9.56. The van der Waals surface area contributed by atoms with Crippen LogP contribution >= 0.6 is 18.9 Å². The monoisotopic (exact) mass is 334 g/mol. The summed E-state index contributed by atoms with van der Waals surface area (Å²) in [6.07, 6.45) is 0. The van der Waals surface area contributed by atoms with Gasteiger partial charge >= 0.3 is 16.5 Å². The second-order valence-electron chi connectivity index (χ2n) is 3.55. The molecule has 0 aliphatic rings. The van der Waals surface area contributed by atoms with Crippen molar-refractivity contribution in [1.82, 2.24) is 0 Å². The lowest BCUT2D eigenvalue weighted by molar-refractivity contribution is 0.306. The molecule has 0 amide bonds. The van der Waals surface area contributed by atoms with Crippen LogP contribution in [0.3, 0.4) is 0 Å². The topological polar surface area (TPSA) is 9.23 Å². The molecule has 0 heterocycles. The zero-order chi connectivity index (χ0) is 11.2. The third-order valence-corrected chi connectivity index (χ3v) is 5.75. The van der Waals surface area contributed by atoms with Gasteiger partial charge in [-0.05, 0) is 17.7 Å². The van der Waals surface area contributed by atoms with E-state index >= 15 is 0 Å². The summed E-state index contributed by atoms with van der Waals surface area (Å²) in [6, 6.07) is 18.7. The van der Waals surface area contributed by atoms with Crippen LogP contribution in [0.2, 0.25) is 0 Å². The van der Waals surface area contributed by atoms with Crippen molar-refractivity contribution < 1.29 is 4.74 Å². The maximum absolute atomic E-state index is 5.70. The Morgan fingerprint density at radius 1 is 0.938 bits per heavy atom. The highest BCUT2D eigenvalue weighted by Gasteiger charge is 1.97. The SMILES string of the molecule is [I][Mg][c]1ccc(OCc2ccccc2)cc1. The van der Waals surface area contributed by atoms with Crippen LogP contribution < -0.4 is 8.43 Å². The molecule has 0 unspecified atom stereocenters. The Morgan fingerprint density at radius 3 is 2.25 bits per heavy atom. The lowest BCUT2D eigenvalue weighted by Gasteiger charge is -2.06. The van der Waals surface area contributed by atoms with E-state index in [1.54, 1.807) is 0 Å². The van der Waals surface area contributed by atoms with Crippen LogP contribution in [0, 0.1) is 0 Å². The number of halogens is 1. The summed E-state index contributed by atoms with van der Waals surface area (Å²) in [5.41, 5.74) is 1.20. The largest absolute Gasteiger partial charge is 0.502 e. The molecule has 0 spiro atoms. The fourth-order valence-electron chi connectivity index (χ4n) is 1.42. The van der Waals surface area contributed by atoms with Crippen LogP contribution in [0.4, 0.5) is 0 Å². The first-order chi connectivity index (χ1) is 7.88. The molecule has 0 aromatic heterocycles. The highest BCUT2D eigenvalue weighted by atomic mass is 127. The van der Waals surface area contributed by atoms with E-state index in [0.717, 1.165) is 5.75 Å². The molecule has 78 valence electrons. The zero-order valence-electron chi connectivity index (χ0n) is 8.90. The van der Waals surface area contributed by atoms with Crippen molar-refractivity contribution in [2.24, 2.45) is 0 Å². The van der Waals surface area contributed by atoms with Crippen LogP contribution in [0.5, 0.6) is 5.75 Å². The zero-order valence-corrected chi connectivity index (χ0v) is 12.5. The number of benzene rings is 2. The molecular formula is C13H11IMgO. The summed E-state index contributed by atoms with van der Waals surface area (Å²) in [6.45, 7) is 0.641. The first-order valence-electron chi connectivity index (χ1n) is 5.20. The minimum absolute atomic E-state index is 0.0749. The van der Waals surface area contributed by atoms with Crippen molar-refractivity contribution in [2.45, 2.75) is 6.61 Å². The molecule has 0 atom stereocenters. The minimum Gasteiger partial charge on any atom is -0.489 e. The van der Waals surface area contributed by atoms with Gasteiger partial charge in [0, 0.05) is 0 Å². The van der Waals surface area contributed by atoms with Gasteiger partial charge < -0.3 is 4.74 Å². The Labute approximate surface area is 115 Å². The van der Waals surface area contributed by atoms with Crippen molar-refractivity contribution in [3.8, 4) is 5.75 Å². The third-order valence-electron chi connectivity index (χ3n) is 2.33. The van der Waals surface area contributed by atoms with E-state index in [0.29, 0.717) is 6.61 Å². The van der Waals surface area contributed by atoms with Gasteiger partial charge in [0.15, 0.2) is 0 Å². The van der Waals surface area contributed by atoms with Crippen molar-refractivity contribution in [3.63, 3.8) is 0 Å². The van der Waals surface area contributed by atoms with E-state index in [-0.39, 0.29) is 16.5 Å². The Morgan fingerprint density at radius 2 is 1.62 bits per heavy atom. The van der Waals surface area contributed by atoms with Gasteiger partial charge in [-0.3, -0.25) is 18.9 Å². The second-order valence-corrected chi connectivity index (χ2v) is 6.92. The molecule has 0 aliphatic carbocycles. The summed E-state index contributed by atoms with van der Waals surface area (Å²) in [5.74, 6) is 0.950. The maximum atomic E-state index is 5.70. The van der Waals surface area contributed by atoms with Gasteiger partial charge in [0.1, 0.15) is 12.4 Å². The molecular weight excluding hydrogens is 323 g/mol. The Hall–Kier alpha value is -0.264. The Bertz CT molecular complexity index is 427. The molecule has 0 saturated carbocycles. The summed E-state index contributed by atoms with van der Waals surface area (Å²) < 4.78 is 7.17. The first kappa shape index (κ1) is 12.2. The van der Waals surface area contributed by atoms with E-state index in [1.165, 1.54) is 9.26 Å². The van der Waals surface area contributed by atoms with E-state index in [1.807, 2.05) is 18.2 Å². The fourth-order valence-corrected chi connectivity index (χ4v) is 3.36. The van der Waals surface area contributed by atoms with Gasteiger partial charge in [-0.15, -0.1) is 0 Å². The molecule has 0 radical (unpaired) electrons.